The third kappa shape index (κ3) is 2.95. The van der Waals surface area contributed by atoms with Crippen LogP contribution in [0.2, 0.25) is 0 Å². The van der Waals surface area contributed by atoms with Gasteiger partial charge in [-0.25, -0.2) is 12.8 Å². The van der Waals surface area contributed by atoms with Gasteiger partial charge in [-0.3, -0.25) is 4.31 Å². The molecule has 0 bridgehead atoms. The summed E-state index contributed by atoms with van der Waals surface area (Å²) < 4.78 is 40.4. The number of benzene rings is 2. The van der Waals surface area contributed by atoms with Gasteiger partial charge < -0.3 is 0 Å². The van der Waals surface area contributed by atoms with E-state index < -0.39 is 15.8 Å². The average Bonchev–Trinajstić information content (AvgIpc) is 2.48. The van der Waals surface area contributed by atoms with Crippen LogP contribution in [0.15, 0.2) is 53.4 Å². The second kappa shape index (κ2) is 6.16. The fourth-order valence-electron chi connectivity index (χ4n) is 2.15. The van der Waals surface area contributed by atoms with Crippen LogP contribution < -0.4 is 4.31 Å². The van der Waals surface area contributed by atoms with E-state index in [0.717, 1.165) is 12.1 Å². The van der Waals surface area contributed by atoms with E-state index in [1.165, 1.54) is 10.4 Å². The van der Waals surface area contributed by atoms with Crippen molar-refractivity contribution in [2.24, 2.45) is 0 Å². The molecule has 0 fully saturated rings. The molecule has 0 saturated heterocycles. The highest BCUT2D eigenvalue weighted by molar-refractivity contribution is 7.92. The van der Waals surface area contributed by atoms with Crippen LogP contribution >= 0.6 is 0 Å². The Balaban J connectivity index is 2.59. The normalized spacial score (nSPS) is 11.2. The first kappa shape index (κ1) is 16.0. The number of nitriles is 1. The molecule has 0 heterocycles. The maximum atomic E-state index is 13.4. The number of nitrogens with zero attached hydrogens (tertiary/aromatic N) is 2. The number of hydrogen-bond acceptors (Lipinski definition) is 3. The third-order valence-electron chi connectivity index (χ3n) is 3.09. The minimum atomic E-state index is -3.89. The predicted molar refractivity (Wildman–Crippen MR) is 82.4 cm³/mol. The van der Waals surface area contributed by atoms with Gasteiger partial charge in [-0.05, 0) is 44.2 Å². The van der Waals surface area contributed by atoms with Gasteiger partial charge in [0.25, 0.3) is 10.0 Å². The molecule has 22 heavy (non-hydrogen) atoms. The molecule has 0 aliphatic carbocycles. The largest absolute Gasteiger partial charge is 0.264 e. The molecule has 2 aromatic carbocycles. The van der Waals surface area contributed by atoms with Crippen molar-refractivity contribution in [1.82, 2.24) is 0 Å². The Morgan fingerprint density at radius 2 is 1.77 bits per heavy atom. The summed E-state index contributed by atoms with van der Waals surface area (Å²) >= 11 is 0. The summed E-state index contributed by atoms with van der Waals surface area (Å²) in [6, 6.07) is 13.2. The van der Waals surface area contributed by atoms with Gasteiger partial charge in [0, 0.05) is 6.04 Å². The lowest BCUT2D eigenvalue weighted by Gasteiger charge is -2.28. The Kier molecular flexibility index (Phi) is 4.48. The molecule has 114 valence electrons. The molecule has 2 aromatic rings. The van der Waals surface area contributed by atoms with Crippen molar-refractivity contribution in [3.63, 3.8) is 0 Å². The summed E-state index contributed by atoms with van der Waals surface area (Å²) in [5.41, 5.74) is 0.221. The zero-order valence-corrected chi connectivity index (χ0v) is 13.0. The minimum absolute atomic E-state index is 0.108. The molecule has 0 amide bonds. The van der Waals surface area contributed by atoms with Gasteiger partial charge in [0.15, 0.2) is 0 Å². The van der Waals surface area contributed by atoms with Crippen molar-refractivity contribution in [1.29, 1.82) is 5.26 Å². The van der Waals surface area contributed by atoms with Crippen molar-refractivity contribution in [2.75, 3.05) is 4.31 Å². The van der Waals surface area contributed by atoms with Crippen LogP contribution in [0.3, 0.4) is 0 Å². The lowest BCUT2D eigenvalue weighted by Crippen LogP contribution is -2.37. The maximum Gasteiger partial charge on any atom is 0.264 e. The third-order valence-corrected chi connectivity index (χ3v) is 5.09. The highest BCUT2D eigenvalue weighted by Crippen LogP contribution is 2.26. The summed E-state index contributed by atoms with van der Waals surface area (Å²) in [6.45, 7) is 3.50. The summed E-state index contributed by atoms with van der Waals surface area (Å²) in [4.78, 5) is -0.108. The number of para-hydroxylation sites is 1. The minimum Gasteiger partial charge on any atom is -0.264 e. The zero-order chi connectivity index (χ0) is 16.3. The summed E-state index contributed by atoms with van der Waals surface area (Å²) in [5, 5.41) is 8.87. The molecule has 0 atom stereocenters. The van der Waals surface area contributed by atoms with Gasteiger partial charge in [-0.15, -0.1) is 0 Å². The van der Waals surface area contributed by atoms with Crippen LogP contribution in [0.25, 0.3) is 0 Å². The Labute approximate surface area is 129 Å². The number of sulfonamides is 1. The Morgan fingerprint density at radius 1 is 1.14 bits per heavy atom. The fraction of sp³-hybridized carbons (Fsp3) is 0.188. The molecule has 2 rings (SSSR count). The van der Waals surface area contributed by atoms with Crippen LogP contribution in [-0.4, -0.2) is 14.5 Å². The quantitative estimate of drug-likeness (QED) is 0.869. The monoisotopic (exact) mass is 318 g/mol. The van der Waals surface area contributed by atoms with Crippen molar-refractivity contribution in [2.45, 2.75) is 24.8 Å². The van der Waals surface area contributed by atoms with Gasteiger partial charge in [0.1, 0.15) is 11.9 Å². The average molecular weight is 318 g/mol. The summed E-state index contributed by atoms with van der Waals surface area (Å²) in [6.07, 6.45) is 0. The molecule has 0 saturated carbocycles. The molecule has 0 aromatic heterocycles. The van der Waals surface area contributed by atoms with Gasteiger partial charge in [0.05, 0.1) is 16.1 Å². The molecule has 0 unspecified atom stereocenters. The molecule has 4 nitrogen and oxygen atoms in total. The second-order valence-corrected chi connectivity index (χ2v) is 6.80. The van der Waals surface area contributed by atoms with Gasteiger partial charge >= 0.3 is 0 Å². The molecule has 6 heteroatoms. The summed E-state index contributed by atoms with van der Waals surface area (Å²) in [7, 11) is -3.89. The van der Waals surface area contributed by atoms with Crippen molar-refractivity contribution < 1.29 is 12.8 Å². The van der Waals surface area contributed by atoms with E-state index in [1.54, 1.807) is 50.2 Å². The lowest BCUT2D eigenvalue weighted by molar-refractivity contribution is 0.583. The Morgan fingerprint density at radius 3 is 2.32 bits per heavy atom. The van der Waals surface area contributed by atoms with Crippen LogP contribution in [0, 0.1) is 17.1 Å². The molecular formula is C16H15FN2O2S. The van der Waals surface area contributed by atoms with E-state index in [-0.39, 0.29) is 16.5 Å². The molecule has 0 aliphatic heterocycles. The second-order valence-electron chi connectivity index (χ2n) is 4.98. The van der Waals surface area contributed by atoms with Crippen LogP contribution in [-0.2, 0) is 10.0 Å². The SMILES string of the molecule is CC(C)N(c1ccccc1)S(=O)(=O)c1ccc(F)c(C#N)c1. The van der Waals surface area contributed by atoms with Gasteiger partial charge in [-0.1, -0.05) is 18.2 Å². The number of anilines is 1. The number of halogens is 1. The van der Waals surface area contributed by atoms with Crippen molar-refractivity contribution in [3.05, 3.63) is 59.9 Å². The zero-order valence-electron chi connectivity index (χ0n) is 12.2. The molecular weight excluding hydrogens is 303 g/mol. The van der Waals surface area contributed by atoms with Crippen LogP contribution in [0.4, 0.5) is 10.1 Å². The van der Waals surface area contributed by atoms with E-state index in [4.69, 9.17) is 5.26 Å². The first-order chi connectivity index (χ1) is 10.4. The van der Waals surface area contributed by atoms with Crippen molar-refractivity contribution in [3.8, 4) is 6.07 Å². The van der Waals surface area contributed by atoms with Gasteiger partial charge in [-0.2, -0.15) is 5.26 Å². The molecule has 0 spiro atoms. The standard InChI is InChI=1S/C16H15FN2O2S/c1-12(2)19(14-6-4-3-5-7-14)22(20,21)15-8-9-16(17)13(10-15)11-18/h3-10,12H,1-2H3. The van der Waals surface area contributed by atoms with Crippen LogP contribution in [0.5, 0.6) is 0 Å². The number of rotatable bonds is 4. The predicted octanol–water partition coefficient (Wildman–Crippen LogP) is 3.30. The topological polar surface area (TPSA) is 61.2 Å². The van der Waals surface area contributed by atoms with E-state index in [2.05, 4.69) is 0 Å². The fourth-order valence-corrected chi connectivity index (χ4v) is 3.84. The smallest absolute Gasteiger partial charge is 0.264 e. The highest BCUT2D eigenvalue weighted by Gasteiger charge is 2.28. The van der Waals surface area contributed by atoms with Gasteiger partial charge in [0.2, 0.25) is 0 Å². The first-order valence-electron chi connectivity index (χ1n) is 6.67. The van der Waals surface area contributed by atoms with E-state index in [1.807, 2.05) is 0 Å². The first-order valence-corrected chi connectivity index (χ1v) is 8.11. The van der Waals surface area contributed by atoms with Crippen molar-refractivity contribution >= 4 is 15.7 Å². The molecule has 0 aliphatic rings. The number of hydrogen-bond donors (Lipinski definition) is 0. The lowest BCUT2D eigenvalue weighted by atomic mass is 10.2. The molecule has 0 radical (unpaired) electrons. The Bertz CT molecular complexity index is 812. The van der Waals surface area contributed by atoms with Crippen LogP contribution in [0.1, 0.15) is 19.4 Å². The van der Waals surface area contributed by atoms with E-state index in [9.17, 15) is 12.8 Å². The summed E-state index contributed by atoms with van der Waals surface area (Å²) in [5.74, 6) is -0.739. The van der Waals surface area contributed by atoms with E-state index in [0.29, 0.717) is 5.69 Å². The molecule has 0 N–H and O–H groups in total. The Hall–Kier alpha value is -2.39. The van der Waals surface area contributed by atoms with E-state index >= 15 is 0 Å². The maximum absolute atomic E-state index is 13.4. The highest BCUT2D eigenvalue weighted by atomic mass is 32.2.